The molecule has 1 heterocycles. The van der Waals surface area contributed by atoms with E-state index >= 15 is 0 Å². The van der Waals surface area contributed by atoms with Crippen molar-refractivity contribution in [3.8, 4) is 0 Å². The molecular weight excluding hydrogens is 192 g/mol. The number of carbonyl (C=O) groups excluding carboxylic acids is 1. The average molecular weight is 214 g/mol. The lowest BCUT2D eigenvalue weighted by Gasteiger charge is -2.20. The lowest BCUT2D eigenvalue weighted by atomic mass is 10.1. The molecule has 1 rings (SSSR count). The van der Waals surface area contributed by atoms with Gasteiger partial charge in [0.1, 0.15) is 6.10 Å². The number of hydrogen-bond donors (Lipinski definition) is 2. The highest BCUT2D eigenvalue weighted by molar-refractivity contribution is 5.79. The van der Waals surface area contributed by atoms with Crippen LogP contribution in [-0.2, 0) is 9.53 Å². The first-order chi connectivity index (χ1) is 7.00. The second-order valence-electron chi connectivity index (χ2n) is 4.67. The Morgan fingerprint density at radius 2 is 2.13 bits per heavy atom. The van der Waals surface area contributed by atoms with Gasteiger partial charge in [-0.1, -0.05) is 13.8 Å². The quantitative estimate of drug-likeness (QED) is 0.706. The highest BCUT2D eigenvalue weighted by Gasteiger charge is 2.29. The van der Waals surface area contributed by atoms with Crippen LogP contribution in [0.2, 0.25) is 0 Å². The number of nitrogens with one attached hydrogen (secondary N) is 1. The molecular formula is C11H22N2O2. The van der Waals surface area contributed by atoms with Crippen molar-refractivity contribution in [2.45, 2.75) is 51.9 Å². The molecule has 0 saturated carbocycles. The summed E-state index contributed by atoms with van der Waals surface area (Å²) in [6.07, 6.45) is 1.46. The Morgan fingerprint density at radius 1 is 1.47 bits per heavy atom. The molecule has 88 valence electrons. The molecule has 3 unspecified atom stereocenters. The highest BCUT2D eigenvalue weighted by atomic mass is 16.5. The van der Waals surface area contributed by atoms with Gasteiger partial charge in [-0.25, -0.2) is 0 Å². The Kier molecular flexibility index (Phi) is 4.54. The fraction of sp³-hybridized carbons (Fsp3) is 0.909. The number of ether oxygens (including phenoxy) is 1. The topological polar surface area (TPSA) is 64.3 Å². The van der Waals surface area contributed by atoms with E-state index in [4.69, 9.17) is 10.5 Å². The predicted octanol–water partition coefficient (Wildman–Crippen LogP) is 0.653. The second-order valence-corrected chi connectivity index (χ2v) is 4.67. The monoisotopic (exact) mass is 214 g/mol. The predicted molar refractivity (Wildman–Crippen MR) is 59.4 cm³/mol. The van der Waals surface area contributed by atoms with E-state index in [2.05, 4.69) is 26.1 Å². The van der Waals surface area contributed by atoms with Crippen LogP contribution >= 0.6 is 0 Å². The third-order valence-electron chi connectivity index (χ3n) is 3.09. The van der Waals surface area contributed by atoms with Gasteiger partial charge in [-0.3, -0.25) is 4.79 Å². The maximum absolute atomic E-state index is 10.9. The van der Waals surface area contributed by atoms with Crippen molar-refractivity contribution in [1.82, 2.24) is 5.32 Å². The zero-order valence-corrected chi connectivity index (χ0v) is 9.82. The van der Waals surface area contributed by atoms with Crippen molar-refractivity contribution in [3.63, 3.8) is 0 Å². The molecule has 3 N–H and O–H groups in total. The Bertz CT molecular complexity index is 219. The molecule has 0 aromatic rings. The molecule has 4 heteroatoms. The summed E-state index contributed by atoms with van der Waals surface area (Å²) in [5.74, 6) is 0.271. The minimum Gasteiger partial charge on any atom is -0.367 e. The van der Waals surface area contributed by atoms with E-state index in [1.165, 1.54) is 0 Å². The summed E-state index contributed by atoms with van der Waals surface area (Å²) < 4.78 is 5.52. The first-order valence-corrected chi connectivity index (χ1v) is 5.69. The van der Waals surface area contributed by atoms with Gasteiger partial charge in [0.05, 0.1) is 6.10 Å². The normalized spacial score (nSPS) is 28.3. The van der Waals surface area contributed by atoms with Crippen LogP contribution in [0.25, 0.3) is 0 Å². The van der Waals surface area contributed by atoms with Gasteiger partial charge in [-0.15, -0.1) is 0 Å². The zero-order chi connectivity index (χ0) is 11.4. The third-order valence-corrected chi connectivity index (χ3v) is 3.09. The summed E-state index contributed by atoms with van der Waals surface area (Å²) in [5.41, 5.74) is 5.18. The Labute approximate surface area is 91.5 Å². The van der Waals surface area contributed by atoms with Crippen LogP contribution in [0.15, 0.2) is 0 Å². The Balaban J connectivity index is 2.22. The van der Waals surface area contributed by atoms with E-state index in [-0.39, 0.29) is 18.1 Å². The summed E-state index contributed by atoms with van der Waals surface area (Å²) in [6, 6.07) is 0.473. The first-order valence-electron chi connectivity index (χ1n) is 5.69. The minimum absolute atomic E-state index is 0.142. The number of carbonyl (C=O) groups is 1. The summed E-state index contributed by atoms with van der Waals surface area (Å²) in [7, 11) is 0. The van der Waals surface area contributed by atoms with Crippen molar-refractivity contribution < 1.29 is 9.53 Å². The fourth-order valence-corrected chi connectivity index (χ4v) is 1.62. The van der Waals surface area contributed by atoms with Crippen molar-refractivity contribution in [1.29, 1.82) is 0 Å². The Hall–Kier alpha value is -0.610. The number of primary amides is 1. The van der Waals surface area contributed by atoms with Gasteiger partial charge in [-0.2, -0.15) is 0 Å². The second kappa shape index (κ2) is 5.47. The van der Waals surface area contributed by atoms with E-state index < -0.39 is 0 Å². The molecule has 1 fully saturated rings. The van der Waals surface area contributed by atoms with Gasteiger partial charge in [-0.05, 0) is 25.7 Å². The molecule has 0 aromatic carbocycles. The van der Waals surface area contributed by atoms with Gasteiger partial charge in [0.2, 0.25) is 5.91 Å². The molecule has 3 atom stereocenters. The third kappa shape index (κ3) is 3.80. The van der Waals surface area contributed by atoms with Crippen LogP contribution in [-0.4, -0.2) is 30.7 Å². The van der Waals surface area contributed by atoms with E-state index in [1.54, 1.807) is 0 Å². The number of hydrogen-bond acceptors (Lipinski definition) is 3. The van der Waals surface area contributed by atoms with Crippen LogP contribution in [0, 0.1) is 5.92 Å². The smallest absolute Gasteiger partial charge is 0.246 e. The minimum atomic E-state index is -0.369. The highest BCUT2D eigenvalue weighted by Crippen LogP contribution is 2.19. The largest absolute Gasteiger partial charge is 0.367 e. The number of rotatable bonds is 5. The molecule has 0 radical (unpaired) electrons. The molecule has 1 amide bonds. The van der Waals surface area contributed by atoms with Crippen LogP contribution in [0.4, 0.5) is 0 Å². The van der Waals surface area contributed by atoms with Gasteiger partial charge >= 0.3 is 0 Å². The van der Waals surface area contributed by atoms with Gasteiger partial charge in [0.15, 0.2) is 0 Å². The first kappa shape index (κ1) is 12.5. The molecule has 4 nitrogen and oxygen atoms in total. The molecule has 0 bridgehead atoms. The summed E-state index contributed by atoms with van der Waals surface area (Å²) in [5, 5.41) is 3.41. The fourth-order valence-electron chi connectivity index (χ4n) is 1.62. The molecule has 0 aromatic heterocycles. The molecule has 1 aliphatic rings. The van der Waals surface area contributed by atoms with E-state index in [9.17, 15) is 4.79 Å². The standard InChI is InChI=1S/C11H22N2O2/c1-7(2)8(3)13-6-9-4-5-10(15-9)11(12)14/h7-10,13H,4-6H2,1-3H3,(H2,12,14). The maximum Gasteiger partial charge on any atom is 0.246 e. The SMILES string of the molecule is CC(C)C(C)NCC1CCC(C(N)=O)O1. The average Bonchev–Trinajstić information content (AvgIpc) is 2.62. The summed E-state index contributed by atoms with van der Waals surface area (Å²) in [4.78, 5) is 10.9. The van der Waals surface area contributed by atoms with E-state index in [0.717, 1.165) is 19.4 Å². The maximum atomic E-state index is 10.9. The van der Waals surface area contributed by atoms with Crippen LogP contribution in [0.5, 0.6) is 0 Å². The lowest BCUT2D eigenvalue weighted by Crippen LogP contribution is -2.37. The van der Waals surface area contributed by atoms with Crippen LogP contribution in [0.3, 0.4) is 0 Å². The summed E-state index contributed by atoms with van der Waals surface area (Å²) >= 11 is 0. The van der Waals surface area contributed by atoms with Crippen molar-refractivity contribution in [3.05, 3.63) is 0 Å². The van der Waals surface area contributed by atoms with Crippen molar-refractivity contribution in [2.75, 3.05) is 6.54 Å². The molecule has 0 spiro atoms. The van der Waals surface area contributed by atoms with Crippen molar-refractivity contribution in [2.24, 2.45) is 11.7 Å². The molecule has 0 aliphatic carbocycles. The molecule has 1 saturated heterocycles. The van der Waals surface area contributed by atoms with Gasteiger partial charge < -0.3 is 15.8 Å². The van der Waals surface area contributed by atoms with Gasteiger partial charge in [0.25, 0.3) is 0 Å². The summed E-state index contributed by atoms with van der Waals surface area (Å²) in [6.45, 7) is 7.33. The van der Waals surface area contributed by atoms with Crippen LogP contribution in [0.1, 0.15) is 33.6 Å². The zero-order valence-electron chi connectivity index (χ0n) is 9.82. The van der Waals surface area contributed by atoms with Gasteiger partial charge in [0, 0.05) is 12.6 Å². The van der Waals surface area contributed by atoms with Crippen LogP contribution < -0.4 is 11.1 Å². The van der Waals surface area contributed by atoms with Crippen molar-refractivity contribution >= 4 is 5.91 Å². The van der Waals surface area contributed by atoms with E-state index in [0.29, 0.717) is 12.0 Å². The number of amides is 1. The lowest BCUT2D eigenvalue weighted by molar-refractivity contribution is -0.128. The van der Waals surface area contributed by atoms with E-state index in [1.807, 2.05) is 0 Å². The Morgan fingerprint density at radius 3 is 2.60 bits per heavy atom. The molecule has 1 aliphatic heterocycles. The number of nitrogens with two attached hydrogens (primary N) is 1. The molecule has 15 heavy (non-hydrogen) atoms.